The van der Waals surface area contributed by atoms with Crippen molar-refractivity contribution in [2.75, 3.05) is 18.5 Å². The lowest BCUT2D eigenvalue weighted by molar-refractivity contribution is -0.139. The fourth-order valence-corrected chi connectivity index (χ4v) is 2.73. The molecule has 0 radical (unpaired) electrons. The van der Waals surface area contributed by atoms with Gasteiger partial charge in [-0.25, -0.2) is 5.43 Å². The predicted molar refractivity (Wildman–Crippen MR) is 124 cm³/mol. The second kappa shape index (κ2) is 12.4. The van der Waals surface area contributed by atoms with Crippen molar-refractivity contribution >= 4 is 29.6 Å². The van der Waals surface area contributed by atoms with E-state index in [1.165, 1.54) is 12.5 Å². The molecule has 0 aliphatic carbocycles. The average Bonchev–Trinajstić information content (AvgIpc) is 3.37. The molecular formula is C24H24N4O6. The average molecular weight is 464 g/mol. The third kappa shape index (κ3) is 7.52. The summed E-state index contributed by atoms with van der Waals surface area (Å²) in [6.07, 6.45) is 2.78. The summed E-state index contributed by atoms with van der Waals surface area (Å²) < 4.78 is 16.0. The van der Waals surface area contributed by atoms with Gasteiger partial charge in [0.15, 0.2) is 6.61 Å². The molecule has 10 nitrogen and oxygen atoms in total. The van der Waals surface area contributed by atoms with Crippen LogP contribution in [0.15, 0.2) is 76.4 Å². The van der Waals surface area contributed by atoms with Gasteiger partial charge in [-0.3, -0.25) is 14.4 Å². The molecule has 2 aromatic carbocycles. The summed E-state index contributed by atoms with van der Waals surface area (Å²) in [6.45, 7) is 2.30. The molecule has 0 fully saturated rings. The monoisotopic (exact) mass is 464 g/mol. The quantitative estimate of drug-likeness (QED) is 0.240. The highest BCUT2D eigenvalue weighted by molar-refractivity contribution is 6.35. The Hall–Kier alpha value is -4.60. The van der Waals surface area contributed by atoms with Gasteiger partial charge in [-0.2, -0.15) is 5.10 Å². The van der Waals surface area contributed by atoms with Gasteiger partial charge in [-0.05, 0) is 55.5 Å². The highest BCUT2D eigenvalue weighted by Gasteiger charge is 2.13. The molecule has 3 amide bonds. The molecule has 176 valence electrons. The number of nitrogens with zero attached hydrogens (tertiary/aromatic N) is 1. The summed E-state index contributed by atoms with van der Waals surface area (Å²) in [5.41, 5.74) is 3.26. The molecule has 34 heavy (non-hydrogen) atoms. The van der Waals surface area contributed by atoms with Crippen molar-refractivity contribution in [1.82, 2.24) is 10.7 Å². The summed E-state index contributed by atoms with van der Waals surface area (Å²) in [7, 11) is 0. The van der Waals surface area contributed by atoms with Crippen molar-refractivity contribution in [2.45, 2.75) is 13.5 Å². The normalized spacial score (nSPS) is 10.5. The maximum Gasteiger partial charge on any atom is 0.329 e. The number of furan rings is 1. The lowest BCUT2D eigenvalue weighted by atomic mass is 10.2. The van der Waals surface area contributed by atoms with Crippen molar-refractivity contribution in [2.24, 2.45) is 5.10 Å². The third-order valence-corrected chi connectivity index (χ3v) is 4.31. The van der Waals surface area contributed by atoms with Gasteiger partial charge in [0.25, 0.3) is 5.91 Å². The first-order chi connectivity index (χ1) is 16.5. The number of hydrogen-bond acceptors (Lipinski definition) is 7. The molecule has 0 unspecified atom stereocenters. The van der Waals surface area contributed by atoms with Crippen LogP contribution in [0, 0.1) is 0 Å². The molecule has 0 atom stereocenters. The van der Waals surface area contributed by atoms with Crippen LogP contribution in [0.5, 0.6) is 11.5 Å². The van der Waals surface area contributed by atoms with Crippen molar-refractivity contribution in [3.63, 3.8) is 0 Å². The molecule has 1 aromatic heterocycles. The molecule has 0 aliphatic heterocycles. The molecule has 0 saturated heterocycles. The Morgan fingerprint density at radius 3 is 2.50 bits per heavy atom. The van der Waals surface area contributed by atoms with Crippen molar-refractivity contribution in [3.8, 4) is 11.5 Å². The maximum absolute atomic E-state index is 12.2. The van der Waals surface area contributed by atoms with E-state index in [1.54, 1.807) is 60.7 Å². The first-order valence-corrected chi connectivity index (χ1v) is 10.4. The minimum absolute atomic E-state index is 0.0817. The number of ether oxygens (including phenoxy) is 2. The number of carbonyl (C=O) groups is 3. The Bertz CT molecular complexity index is 1130. The van der Waals surface area contributed by atoms with Crippen LogP contribution < -0.4 is 25.5 Å². The topological polar surface area (TPSA) is 131 Å². The number of amides is 3. The molecule has 0 saturated carbocycles. The Kier molecular flexibility index (Phi) is 8.80. The second-order valence-electron chi connectivity index (χ2n) is 6.79. The number of nitrogens with one attached hydrogen (secondary N) is 3. The van der Waals surface area contributed by atoms with Gasteiger partial charge in [0.1, 0.15) is 17.3 Å². The SMILES string of the molecule is CCOc1ccc(NC(=O)COc2ccccc2/C=N\NC(=O)C(=O)NCc2ccco2)cc1. The number of hydrogen-bond donors (Lipinski definition) is 3. The summed E-state index contributed by atoms with van der Waals surface area (Å²) >= 11 is 0. The minimum Gasteiger partial charge on any atom is -0.494 e. The molecule has 3 rings (SSSR count). The van der Waals surface area contributed by atoms with E-state index in [2.05, 4.69) is 21.2 Å². The van der Waals surface area contributed by atoms with E-state index >= 15 is 0 Å². The van der Waals surface area contributed by atoms with Gasteiger partial charge in [-0.15, -0.1) is 0 Å². The lowest BCUT2D eigenvalue weighted by Crippen LogP contribution is -2.37. The fraction of sp³-hybridized carbons (Fsp3) is 0.167. The van der Waals surface area contributed by atoms with Crippen molar-refractivity contribution < 1.29 is 28.3 Å². The molecule has 0 spiro atoms. The first-order valence-electron chi connectivity index (χ1n) is 10.4. The van der Waals surface area contributed by atoms with Crippen molar-refractivity contribution in [3.05, 3.63) is 78.3 Å². The molecular weight excluding hydrogens is 440 g/mol. The van der Waals surface area contributed by atoms with E-state index in [0.29, 0.717) is 35.1 Å². The molecule has 1 heterocycles. The van der Waals surface area contributed by atoms with Crippen LogP contribution >= 0.6 is 0 Å². The van der Waals surface area contributed by atoms with E-state index in [-0.39, 0.29) is 19.1 Å². The van der Waals surface area contributed by atoms with E-state index < -0.39 is 11.8 Å². The second-order valence-corrected chi connectivity index (χ2v) is 6.79. The Morgan fingerprint density at radius 1 is 0.971 bits per heavy atom. The van der Waals surface area contributed by atoms with Crippen LogP contribution in [0.3, 0.4) is 0 Å². The van der Waals surface area contributed by atoms with Crippen LogP contribution in [-0.4, -0.2) is 37.1 Å². The zero-order valence-corrected chi connectivity index (χ0v) is 18.4. The molecule has 0 aliphatic rings. The predicted octanol–water partition coefficient (Wildman–Crippen LogP) is 2.46. The van der Waals surface area contributed by atoms with Gasteiger partial charge in [0.2, 0.25) is 0 Å². The lowest BCUT2D eigenvalue weighted by Gasteiger charge is -2.10. The number of hydrazone groups is 1. The highest BCUT2D eigenvalue weighted by atomic mass is 16.5. The summed E-state index contributed by atoms with van der Waals surface area (Å²) in [6, 6.07) is 17.2. The Morgan fingerprint density at radius 2 is 1.76 bits per heavy atom. The van der Waals surface area contributed by atoms with Crippen LogP contribution in [0.1, 0.15) is 18.2 Å². The first kappa shape index (κ1) is 24.1. The van der Waals surface area contributed by atoms with Crippen LogP contribution in [0.25, 0.3) is 0 Å². The van der Waals surface area contributed by atoms with Gasteiger partial charge in [0.05, 0.1) is 25.6 Å². The van der Waals surface area contributed by atoms with Crippen LogP contribution in [0.4, 0.5) is 5.69 Å². The Labute approximate surface area is 195 Å². The smallest absolute Gasteiger partial charge is 0.329 e. The molecule has 10 heteroatoms. The minimum atomic E-state index is -0.934. The van der Waals surface area contributed by atoms with Gasteiger partial charge in [0, 0.05) is 11.3 Å². The van der Waals surface area contributed by atoms with E-state index in [4.69, 9.17) is 13.9 Å². The fourth-order valence-electron chi connectivity index (χ4n) is 2.73. The van der Waals surface area contributed by atoms with Gasteiger partial charge < -0.3 is 24.5 Å². The van der Waals surface area contributed by atoms with Gasteiger partial charge in [-0.1, -0.05) is 12.1 Å². The Balaban J connectivity index is 1.47. The number of benzene rings is 2. The van der Waals surface area contributed by atoms with Gasteiger partial charge >= 0.3 is 11.8 Å². The standard InChI is InChI=1S/C24H24N4O6/c1-2-32-19-11-9-18(10-12-19)27-22(29)16-34-21-8-4-3-6-17(21)14-26-28-24(31)23(30)25-15-20-7-5-13-33-20/h3-14H,2,15-16H2,1H3,(H,25,30)(H,27,29)(H,28,31)/b26-14-. The third-order valence-electron chi connectivity index (χ3n) is 4.31. The van der Waals surface area contributed by atoms with Crippen LogP contribution in [0.2, 0.25) is 0 Å². The number of carbonyl (C=O) groups excluding carboxylic acids is 3. The summed E-state index contributed by atoms with van der Waals surface area (Å²) in [4.78, 5) is 35.9. The van der Waals surface area contributed by atoms with E-state index in [1.807, 2.05) is 6.92 Å². The zero-order valence-electron chi connectivity index (χ0n) is 18.4. The number of para-hydroxylation sites is 1. The number of anilines is 1. The maximum atomic E-state index is 12.2. The largest absolute Gasteiger partial charge is 0.494 e. The zero-order chi connectivity index (χ0) is 24.2. The number of rotatable bonds is 10. The van der Waals surface area contributed by atoms with E-state index in [9.17, 15) is 14.4 Å². The van der Waals surface area contributed by atoms with Crippen molar-refractivity contribution in [1.29, 1.82) is 0 Å². The molecule has 0 bridgehead atoms. The highest BCUT2D eigenvalue weighted by Crippen LogP contribution is 2.17. The summed E-state index contributed by atoms with van der Waals surface area (Å²) in [5, 5.41) is 8.93. The van der Waals surface area contributed by atoms with Crippen LogP contribution in [-0.2, 0) is 20.9 Å². The summed E-state index contributed by atoms with van der Waals surface area (Å²) in [5.74, 6) is -0.531. The molecule has 3 N–H and O–H groups in total. The molecule has 3 aromatic rings. The van der Waals surface area contributed by atoms with E-state index in [0.717, 1.165) is 0 Å².